The molecule has 0 aromatic heterocycles. The average Bonchev–Trinajstić information content (AvgIpc) is 2.10. The molecule has 1 nitrogen and oxygen atoms in total. The van der Waals surface area contributed by atoms with Crippen LogP contribution in [0.5, 0.6) is 0 Å². The molecule has 4 rings (SSSR count). The summed E-state index contributed by atoms with van der Waals surface area (Å²) >= 11 is 0. The molecule has 1 N–H and O–H groups in total. The molecule has 0 aromatic rings. The van der Waals surface area contributed by atoms with E-state index in [0.717, 1.165) is 31.1 Å². The number of hydrogen-bond donors (Lipinski definition) is 1. The van der Waals surface area contributed by atoms with Crippen LogP contribution in [0.3, 0.4) is 0 Å². The van der Waals surface area contributed by atoms with Gasteiger partial charge in [-0.05, 0) is 62.2 Å². The first-order chi connectivity index (χ1) is 7.13. The van der Waals surface area contributed by atoms with Crippen molar-refractivity contribution >= 4 is 0 Å². The van der Waals surface area contributed by atoms with Crippen LogP contribution in [0.2, 0.25) is 0 Å². The second-order valence-corrected chi connectivity index (χ2v) is 6.79. The van der Waals surface area contributed by atoms with Gasteiger partial charge in [-0.15, -0.1) is 0 Å². The molecule has 0 aromatic carbocycles. The molecule has 86 valence electrons. The van der Waals surface area contributed by atoms with Crippen LogP contribution in [-0.2, 0) is 0 Å². The first-order valence-electron chi connectivity index (χ1n) is 6.86. The van der Waals surface area contributed by atoms with Gasteiger partial charge in [-0.1, -0.05) is 19.8 Å². The monoisotopic (exact) mass is 208 g/mol. The lowest BCUT2D eigenvalue weighted by Gasteiger charge is -2.60. The van der Waals surface area contributed by atoms with Crippen LogP contribution in [0.4, 0.5) is 0 Å². The van der Waals surface area contributed by atoms with E-state index in [1.54, 1.807) is 0 Å². The van der Waals surface area contributed by atoms with E-state index >= 15 is 0 Å². The Balaban J connectivity index is 1.80. The molecule has 2 atom stereocenters. The smallest absolute Gasteiger partial charge is 0.0658 e. The van der Waals surface area contributed by atoms with E-state index in [1.165, 1.54) is 38.5 Å². The van der Waals surface area contributed by atoms with E-state index in [9.17, 15) is 5.11 Å². The van der Waals surface area contributed by atoms with Crippen molar-refractivity contribution in [3.8, 4) is 0 Å². The second kappa shape index (κ2) is 3.23. The first kappa shape index (κ1) is 10.1. The minimum atomic E-state index is -0.238. The molecule has 0 aliphatic heterocycles. The molecule has 15 heavy (non-hydrogen) atoms. The Labute approximate surface area is 93.3 Å². The van der Waals surface area contributed by atoms with Gasteiger partial charge in [0.25, 0.3) is 0 Å². The van der Waals surface area contributed by atoms with Crippen LogP contribution >= 0.6 is 0 Å². The van der Waals surface area contributed by atoms with E-state index in [0.29, 0.717) is 5.41 Å². The lowest BCUT2D eigenvalue weighted by atomic mass is 9.47. The lowest BCUT2D eigenvalue weighted by molar-refractivity contribution is -0.166. The predicted molar refractivity (Wildman–Crippen MR) is 61.6 cm³/mol. The van der Waals surface area contributed by atoms with Crippen molar-refractivity contribution in [2.24, 2.45) is 17.3 Å². The molecule has 0 spiro atoms. The Morgan fingerprint density at radius 2 is 1.80 bits per heavy atom. The van der Waals surface area contributed by atoms with E-state index < -0.39 is 0 Å². The fourth-order valence-electron chi connectivity index (χ4n) is 5.25. The molecule has 0 heterocycles. The van der Waals surface area contributed by atoms with Crippen LogP contribution in [0.1, 0.15) is 64.7 Å². The zero-order chi connectivity index (χ0) is 10.5. The fraction of sp³-hybridized carbons (Fsp3) is 1.00. The number of hydrogen-bond acceptors (Lipinski definition) is 1. The fourth-order valence-corrected chi connectivity index (χ4v) is 5.25. The summed E-state index contributed by atoms with van der Waals surface area (Å²) in [5.74, 6) is 1.74. The SMILES string of the molecule is CCCCC12CC3CC(CC(O)(C3)C1)C2. The third-order valence-electron chi connectivity index (χ3n) is 5.21. The van der Waals surface area contributed by atoms with Gasteiger partial charge in [0.1, 0.15) is 0 Å². The third-order valence-corrected chi connectivity index (χ3v) is 5.21. The summed E-state index contributed by atoms with van der Waals surface area (Å²) < 4.78 is 0. The summed E-state index contributed by atoms with van der Waals surface area (Å²) in [4.78, 5) is 0. The van der Waals surface area contributed by atoms with Gasteiger partial charge in [-0.2, -0.15) is 0 Å². The Kier molecular flexibility index (Phi) is 2.18. The van der Waals surface area contributed by atoms with Gasteiger partial charge < -0.3 is 5.11 Å². The van der Waals surface area contributed by atoms with Crippen molar-refractivity contribution in [1.29, 1.82) is 0 Å². The first-order valence-corrected chi connectivity index (χ1v) is 6.86. The van der Waals surface area contributed by atoms with Gasteiger partial charge in [-0.3, -0.25) is 0 Å². The summed E-state index contributed by atoms with van der Waals surface area (Å²) in [5.41, 5.74) is 0.326. The van der Waals surface area contributed by atoms with Gasteiger partial charge in [0.15, 0.2) is 0 Å². The second-order valence-electron chi connectivity index (χ2n) is 6.79. The number of aliphatic hydroxyl groups is 1. The van der Waals surface area contributed by atoms with Crippen molar-refractivity contribution in [1.82, 2.24) is 0 Å². The maximum Gasteiger partial charge on any atom is 0.0658 e. The Hall–Kier alpha value is -0.0400. The molecule has 0 saturated heterocycles. The molecule has 4 aliphatic rings. The molecule has 2 unspecified atom stereocenters. The minimum absolute atomic E-state index is 0.238. The number of rotatable bonds is 3. The Morgan fingerprint density at radius 1 is 1.13 bits per heavy atom. The molecule has 4 bridgehead atoms. The molecular weight excluding hydrogens is 184 g/mol. The Morgan fingerprint density at radius 3 is 2.33 bits per heavy atom. The highest BCUT2D eigenvalue weighted by Crippen LogP contribution is 2.63. The van der Waals surface area contributed by atoms with E-state index in [2.05, 4.69) is 6.92 Å². The van der Waals surface area contributed by atoms with E-state index in [1.807, 2.05) is 0 Å². The summed E-state index contributed by atoms with van der Waals surface area (Å²) in [6, 6.07) is 0. The molecule has 4 aliphatic carbocycles. The summed E-state index contributed by atoms with van der Waals surface area (Å²) in [5, 5.41) is 10.6. The lowest BCUT2D eigenvalue weighted by Crippen LogP contribution is -2.55. The van der Waals surface area contributed by atoms with Crippen LogP contribution in [0, 0.1) is 17.3 Å². The summed E-state index contributed by atoms with van der Waals surface area (Å²) in [7, 11) is 0. The average molecular weight is 208 g/mol. The van der Waals surface area contributed by atoms with Crippen LogP contribution in [-0.4, -0.2) is 10.7 Å². The molecular formula is C14H24O. The van der Waals surface area contributed by atoms with Crippen LogP contribution in [0.25, 0.3) is 0 Å². The molecule has 4 saturated carbocycles. The minimum Gasteiger partial charge on any atom is -0.390 e. The largest absolute Gasteiger partial charge is 0.390 e. The van der Waals surface area contributed by atoms with Crippen molar-refractivity contribution in [3.63, 3.8) is 0 Å². The van der Waals surface area contributed by atoms with Crippen molar-refractivity contribution in [2.45, 2.75) is 70.3 Å². The van der Waals surface area contributed by atoms with Gasteiger partial charge in [0, 0.05) is 0 Å². The van der Waals surface area contributed by atoms with Crippen LogP contribution in [0.15, 0.2) is 0 Å². The van der Waals surface area contributed by atoms with E-state index in [4.69, 9.17) is 0 Å². The molecule has 4 fully saturated rings. The maximum atomic E-state index is 10.6. The highest BCUT2D eigenvalue weighted by Gasteiger charge is 2.56. The molecule has 0 amide bonds. The normalized spacial score (nSPS) is 52.4. The standard InChI is InChI=1S/C14H24O/c1-2-3-4-13-6-11-5-12(7-13)9-14(15,8-11)10-13/h11-12,15H,2-10H2,1H3. The number of unbranched alkanes of at least 4 members (excludes halogenated alkanes) is 1. The zero-order valence-electron chi connectivity index (χ0n) is 9.97. The van der Waals surface area contributed by atoms with Gasteiger partial charge in [0.2, 0.25) is 0 Å². The molecule has 1 heteroatoms. The maximum absolute atomic E-state index is 10.6. The highest BCUT2D eigenvalue weighted by atomic mass is 16.3. The Bertz CT molecular complexity index is 244. The summed E-state index contributed by atoms with van der Waals surface area (Å²) in [6.45, 7) is 2.29. The van der Waals surface area contributed by atoms with Crippen LogP contribution < -0.4 is 0 Å². The van der Waals surface area contributed by atoms with Gasteiger partial charge >= 0.3 is 0 Å². The third kappa shape index (κ3) is 1.63. The van der Waals surface area contributed by atoms with Crippen molar-refractivity contribution < 1.29 is 5.11 Å². The van der Waals surface area contributed by atoms with Gasteiger partial charge in [-0.25, -0.2) is 0 Å². The highest BCUT2D eigenvalue weighted by molar-refractivity contribution is 5.08. The summed E-state index contributed by atoms with van der Waals surface area (Å²) in [6.07, 6.45) is 11.7. The predicted octanol–water partition coefficient (Wildman–Crippen LogP) is 3.51. The van der Waals surface area contributed by atoms with Crippen molar-refractivity contribution in [2.75, 3.05) is 0 Å². The topological polar surface area (TPSA) is 20.2 Å². The molecule has 0 radical (unpaired) electrons. The quantitative estimate of drug-likeness (QED) is 0.752. The van der Waals surface area contributed by atoms with Crippen molar-refractivity contribution in [3.05, 3.63) is 0 Å². The zero-order valence-corrected chi connectivity index (χ0v) is 9.97. The van der Waals surface area contributed by atoms with Gasteiger partial charge in [0.05, 0.1) is 5.60 Å². The van der Waals surface area contributed by atoms with E-state index in [-0.39, 0.29) is 5.60 Å².